The highest BCUT2D eigenvalue weighted by Gasteiger charge is 2.52. The van der Waals surface area contributed by atoms with Gasteiger partial charge in [0.25, 0.3) is 0 Å². The zero-order valence-corrected chi connectivity index (χ0v) is 17.1. The molecule has 25 heavy (non-hydrogen) atoms. The molecule has 3 rings (SSSR count). The second-order valence-corrected chi connectivity index (χ2v) is 10.3. The molecule has 0 spiro atoms. The summed E-state index contributed by atoms with van der Waals surface area (Å²) in [4.78, 5) is 4.38. The van der Waals surface area contributed by atoms with Gasteiger partial charge in [0.1, 0.15) is 10.4 Å². The molecule has 2 aromatic rings. The second kappa shape index (κ2) is 6.56. The summed E-state index contributed by atoms with van der Waals surface area (Å²) in [6.07, 6.45) is -0.197. The van der Waals surface area contributed by atoms with Crippen LogP contribution < -0.4 is 0 Å². The SMILES string of the molecule is CC.CC(C)(C)c1nc2ccc(Cl)c(S(=O)(=O)C3(C)CC(O)C3)c2o1. The van der Waals surface area contributed by atoms with E-state index < -0.39 is 20.7 Å². The van der Waals surface area contributed by atoms with Gasteiger partial charge in [0, 0.05) is 5.41 Å². The summed E-state index contributed by atoms with van der Waals surface area (Å²) in [6, 6.07) is 3.19. The third-order valence-corrected chi connectivity index (χ3v) is 7.36. The molecule has 1 saturated carbocycles. The minimum absolute atomic E-state index is 0.0194. The highest BCUT2D eigenvalue weighted by molar-refractivity contribution is 7.93. The number of aromatic nitrogens is 1. The van der Waals surface area contributed by atoms with Crippen LogP contribution in [0.2, 0.25) is 5.02 Å². The molecule has 7 heteroatoms. The van der Waals surface area contributed by atoms with Crippen molar-refractivity contribution in [2.24, 2.45) is 0 Å². The minimum atomic E-state index is -3.75. The fourth-order valence-electron chi connectivity index (χ4n) is 2.92. The van der Waals surface area contributed by atoms with Gasteiger partial charge in [-0.1, -0.05) is 46.2 Å². The fraction of sp³-hybridized carbons (Fsp3) is 0.611. The third kappa shape index (κ3) is 3.32. The van der Waals surface area contributed by atoms with Crippen molar-refractivity contribution in [1.29, 1.82) is 0 Å². The molecular weight excluding hydrogens is 362 g/mol. The average Bonchev–Trinajstić information content (AvgIpc) is 2.91. The molecule has 140 valence electrons. The Kier molecular flexibility index (Phi) is 5.30. The van der Waals surface area contributed by atoms with Gasteiger partial charge in [0.05, 0.1) is 15.9 Å². The molecule has 1 aromatic heterocycles. The number of rotatable bonds is 2. The minimum Gasteiger partial charge on any atom is -0.439 e. The first-order valence-corrected chi connectivity index (χ1v) is 10.3. The highest BCUT2D eigenvalue weighted by Crippen LogP contribution is 2.46. The zero-order valence-electron chi connectivity index (χ0n) is 15.6. The molecule has 0 radical (unpaired) electrons. The van der Waals surface area contributed by atoms with Crippen LogP contribution in [-0.2, 0) is 15.3 Å². The van der Waals surface area contributed by atoms with Gasteiger partial charge >= 0.3 is 0 Å². The van der Waals surface area contributed by atoms with E-state index in [-0.39, 0.29) is 33.8 Å². The fourth-order valence-corrected chi connectivity index (χ4v) is 5.40. The highest BCUT2D eigenvalue weighted by atomic mass is 35.5. The summed E-state index contributed by atoms with van der Waals surface area (Å²) in [5.41, 5.74) is 0.328. The normalized spacial score (nSPS) is 23.8. The van der Waals surface area contributed by atoms with Crippen LogP contribution in [0.1, 0.15) is 60.3 Å². The number of hydrogen-bond donors (Lipinski definition) is 1. The Hall–Kier alpha value is -1.11. The number of halogens is 1. The number of oxazole rings is 1. The number of aliphatic hydroxyl groups excluding tert-OH is 1. The van der Waals surface area contributed by atoms with Crippen LogP contribution in [-0.4, -0.2) is 29.4 Å². The Morgan fingerprint density at radius 3 is 2.32 bits per heavy atom. The van der Waals surface area contributed by atoms with Gasteiger partial charge in [-0.25, -0.2) is 13.4 Å². The van der Waals surface area contributed by atoms with Crippen LogP contribution in [0.3, 0.4) is 0 Å². The Morgan fingerprint density at radius 1 is 1.28 bits per heavy atom. The molecule has 1 aliphatic rings. The van der Waals surface area contributed by atoms with Crippen LogP contribution >= 0.6 is 11.6 Å². The first kappa shape index (κ1) is 20.2. The molecule has 1 aliphatic carbocycles. The molecule has 1 N–H and O–H groups in total. The maximum Gasteiger partial charge on any atom is 0.200 e. The van der Waals surface area contributed by atoms with Gasteiger partial charge in [-0.05, 0) is 31.9 Å². The van der Waals surface area contributed by atoms with Crippen molar-refractivity contribution in [3.05, 3.63) is 23.0 Å². The lowest BCUT2D eigenvalue weighted by atomic mass is 9.83. The quantitative estimate of drug-likeness (QED) is 0.820. The van der Waals surface area contributed by atoms with Crippen molar-refractivity contribution in [3.8, 4) is 0 Å². The predicted molar refractivity (Wildman–Crippen MR) is 99.9 cm³/mol. The molecule has 0 atom stereocenters. The van der Waals surface area contributed by atoms with Crippen LogP contribution in [0.5, 0.6) is 0 Å². The van der Waals surface area contributed by atoms with E-state index >= 15 is 0 Å². The number of benzene rings is 1. The maximum atomic E-state index is 13.1. The lowest BCUT2D eigenvalue weighted by molar-refractivity contribution is 0.0638. The van der Waals surface area contributed by atoms with Crippen LogP contribution in [0.4, 0.5) is 0 Å². The number of aliphatic hydroxyl groups is 1. The first-order valence-electron chi connectivity index (χ1n) is 8.48. The summed E-state index contributed by atoms with van der Waals surface area (Å²) in [5.74, 6) is 0.463. The van der Waals surface area contributed by atoms with Crippen molar-refractivity contribution < 1.29 is 17.9 Å². The van der Waals surface area contributed by atoms with E-state index in [0.29, 0.717) is 11.4 Å². The van der Waals surface area contributed by atoms with Gasteiger partial charge in [0.2, 0.25) is 5.89 Å². The summed E-state index contributed by atoms with van der Waals surface area (Å²) < 4.78 is 30.9. The van der Waals surface area contributed by atoms with Gasteiger partial charge in [0.15, 0.2) is 15.4 Å². The van der Waals surface area contributed by atoms with E-state index in [1.807, 2.05) is 34.6 Å². The van der Waals surface area contributed by atoms with Crippen molar-refractivity contribution in [3.63, 3.8) is 0 Å². The topological polar surface area (TPSA) is 80.4 Å². The number of sulfone groups is 1. The van der Waals surface area contributed by atoms with Gasteiger partial charge in [-0.15, -0.1) is 0 Å². The standard InChI is InChI=1S/C16H20ClNO4S.C2H6/c1-15(2,3)14-18-11-6-5-10(17)13(12(11)22-14)23(20,21)16(4)7-9(19)8-16;1-2/h5-6,9,19H,7-8H2,1-4H3;1-2H3. The van der Waals surface area contributed by atoms with E-state index in [0.717, 1.165) is 0 Å². The van der Waals surface area contributed by atoms with E-state index in [9.17, 15) is 13.5 Å². The number of nitrogens with zero attached hydrogens (tertiary/aromatic N) is 1. The van der Waals surface area contributed by atoms with E-state index in [4.69, 9.17) is 16.0 Å². The summed E-state index contributed by atoms with van der Waals surface area (Å²) >= 11 is 6.21. The Labute approximate surface area is 154 Å². The smallest absolute Gasteiger partial charge is 0.200 e. The van der Waals surface area contributed by atoms with Crippen molar-refractivity contribution in [1.82, 2.24) is 4.98 Å². The average molecular weight is 388 g/mol. The Bertz CT molecular complexity index is 874. The van der Waals surface area contributed by atoms with E-state index in [1.165, 1.54) is 6.07 Å². The lowest BCUT2D eigenvalue weighted by Gasteiger charge is -2.41. The van der Waals surface area contributed by atoms with E-state index in [2.05, 4.69) is 4.98 Å². The van der Waals surface area contributed by atoms with Crippen molar-refractivity contribution >= 4 is 32.5 Å². The second-order valence-electron chi connectivity index (χ2n) is 7.51. The van der Waals surface area contributed by atoms with Crippen molar-refractivity contribution in [2.75, 3.05) is 0 Å². The van der Waals surface area contributed by atoms with Crippen molar-refractivity contribution in [2.45, 2.75) is 75.5 Å². The Morgan fingerprint density at radius 2 is 1.84 bits per heavy atom. The molecule has 1 fully saturated rings. The molecule has 0 saturated heterocycles. The molecule has 0 amide bonds. The molecule has 1 aromatic carbocycles. The van der Waals surface area contributed by atoms with Gasteiger partial charge < -0.3 is 9.52 Å². The summed E-state index contributed by atoms with van der Waals surface area (Å²) in [5, 5.41) is 9.68. The van der Waals surface area contributed by atoms with Crippen LogP contribution in [0.25, 0.3) is 11.1 Å². The number of fused-ring (bicyclic) bond motifs is 1. The molecule has 0 bridgehead atoms. The maximum absolute atomic E-state index is 13.1. The van der Waals surface area contributed by atoms with Crippen LogP contribution in [0, 0.1) is 0 Å². The lowest BCUT2D eigenvalue weighted by Crippen LogP contribution is -2.50. The Balaban J connectivity index is 0.00000109. The molecule has 1 heterocycles. The zero-order chi connectivity index (χ0) is 19.2. The van der Waals surface area contributed by atoms with E-state index in [1.54, 1.807) is 13.0 Å². The molecule has 5 nitrogen and oxygen atoms in total. The van der Waals surface area contributed by atoms with Gasteiger partial charge in [-0.3, -0.25) is 0 Å². The van der Waals surface area contributed by atoms with Crippen LogP contribution in [0.15, 0.2) is 21.4 Å². The number of hydrogen-bond acceptors (Lipinski definition) is 5. The first-order chi connectivity index (χ1) is 11.5. The molecule has 0 aliphatic heterocycles. The van der Waals surface area contributed by atoms with Gasteiger partial charge in [-0.2, -0.15) is 0 Å². The summed E-state index contributed by atoms with van der Waals surface area (Å²) in [7, 11) is -3.75. The molecule has 0 unspecified atom stereocenters. The third-order valence-electron chi connectivity index (χ3n) is 4.36. The monoisotopic (exact) mass is 387 g/mol. The predicted octanol–water partition coefficient (Wildman–Crippen LogP) is 4.49. The molecular formula is C18H26ClNO4S. The summed E-state index contributed by atoms with van der Waals surface area (Å²) in [6.45, 7) is 11.5. The largest absolute Gasteiger partial charge is 0.439 e.